The second kappa shape index (κ2) is 17.4. The Balaban J connectivity index is 1.56. The number of aliphatic hydroxyl groups excluding tert-OH is 1. The summed E-state index contributed by atoms with van der Waals surface area (Å²) in [5.41, 5.74) is -0.247. The van der Waals surface area contributed by atoms with Crippen molar-refractivity contribution in [2.24, 2.45) is 17.8 Å². The zero-order valence-electron chi connectivity index (χ0n) is 30.7. The molecule has 3 aliphatic rings. The molecule has 3 aliphatic heterocycles. The van der Waals surface area contributed by atoms with E-state index in [2.05, 4.69) is 34.4 Å². The summed E-state index contributed by atoms with van der Waals surface area (Å²) >= 11 is 3.73. The monoisotopic (exact) mass is 795 g/mol. The van der Waals surface area contributed by atoms with Crippen molar-refractivity contribution in [2.75, 3.05) is 38.9 Å². The number of anilines is 1. The number of carbonyl (C=O) groups is 4. The number of hydrogen-bond donors (Lipinski definition) is 2. The quantitative estimate of drug-likeness (QED) is 0.128. The van der Waals surface area contributed by atoms with Gasteiger partial charge in [0.2, 0.25) is 11.8 Å². The highest BCUT2D eigenvalue weighted by atomic mass is 79.9. The average Bonchev–Trinajstić information content (AvgIpc) is 3.75. The molecule has 286 valence electrons. The number of aliphatic hydroxyl groups is 1. The molecule has 2 N–H and O–H groups in total. The SMILES string of the molecule is C=CCCC(=O)N[C@H](COC)[C@H](OC(=O)[C@@H]1[C@H]2O[C@@]3(CC2Br)[C@H](C(=O)N(CC=C)c2ccc(OC)cc2)N([C@@H](CO)C(C)C)C(=O)[C@@H]13)c1ccccc1. The Morgan fingerprint density at radius 3 is 2.40 bits per heavy atom. The summed E-state index contributed by atoms with van der Waals surface area (Å²) in [5.74, 6) is -3.68. The lowest BCUT2D eigenvalue weighted by molar-refractivity contribution is -0.163. The number of esters is 1. The number of allylic oxidation sites excluding steroid dienone is 1. The molecule has 3 amide bonds. The van der Waals surface area contributed by atoms with Crippen LogP contribution in [0.1, 0.15) is 44.8 Å². The third-order valence-electron chi connectivity index (χ3n) is 10.5. The summed E-state index contributed by atoms with van der Waals surface area (Å²) in [4.78, 5) is 60.0. The van der Waals surface area contributed by atoms with Crippen LogP contribution in [0.4, 0.5) is 5.69 Å². The Morgan fingerprint density at radius 1 is 1.11 bits per heavy atom. The van der Waals surface area contributed by atoms with Crippen LogP contribution >= 0.6 is 15.9 Å². The van der Waals surface area contributed by atoms with Crippen LogP contribution in [0.2, 0.25) is 0 Å². The molecule has 1 unspecified atom stereocenters. The molecular weight excluding hydrogens is 746 g/mol. The summed E-state index contributed by atoms with van der Waals surface area (Å²) in [6.07, 6.45) is 2.38. The number of benzene rings is 2. The number of likely N-dealkylation sites (tertiary alicyclic amines) is 1. The number of methoxy groups -OCH3 is 2. The molecule has 2 bridgehead atoms. The Hall–Kier alpha value is -4.04. The standard InChI is InChI=1S/C40H50BrN3O9/c1-7-9-15-31(46)42-29(23-50-5)34(25-13-11-10-12-14-25)52-39(49)32-33-37(47)44(30(22-45)24(3)4)36(40(33)21-28(41)35(32)53-40)38(48)43(20-8-2)26-16-18-27(51-6)19-17-26/h7-8,10-14,16-19,24,28-30,32-36,45H,1-2,9,15,20-23H2,3-6H3,(H,42,46)/t28?,29-,30+,32+,33-,34-,35+,36+,40-/m1/s1. The van der Waals surface area contributed by atoms with E-state index in [1.54, 1.807) is 67.8 Å². The van der Waals surface area contributed by atoms with Crippen LogP contribution in [-0.2, 0) is 33.4 Å². The first-order valence-electron chi connectivity index (χ1n) is 17.9. The van der Waals surface area contributed by atoms with E-state index < -0.39 is 77.0 Å². The maximum Gasteiger partial charge on any atom is 0.313 e. The number of ether oxygens (including phenoxy) is 4. The van der Waals surface area contributed by atoms with E-state index in [1.807, 2.05) is 19.9 Å². The van der Waals surface area contributed by atoms with Gasteiger partial charge in [-0.25, -0.2) is 0 Å². The number of nitrogens with zero attached hydrogens (tertiary/aromatic N) is 2. The molecule has 13 heteroatoms. The van der Waals surface area contributed by atoms with Gasteiger partial charge in [-0.1, -0.05) is 72.3 Å². The van der Waals surface area contributed by atoms with Crippen molar-refractivity contribution in [2.45, 2.75) is 73.9 Å². The van der Waals surface area contributed by atoms with Gasteiger partial charge in [0.1, 0.15) is 23.5 Å². The smallest absolute Gasteiger partial charge is 0.313 e. The molecule has 3 fully saturated rings. The van der Waals surface area contributed by atoms with Crippen LogP contribution in [0.5, 0.6) is 5.75 Å². The fourth-order valence-corrected chi connectivity index (χ4v) is 9.02. The minimum Gasteiger partial charge on any atom is -0.497 e. The number of fused-ring (bicyclic) bond motifs is 1. The van der Waals surface area contributed by atoms with Gasteiger partial charge in [0, 0.05) is 30.6 Å². The van der Waals surface area contributed by atoms with E-state index in [1.165, 1.54) is 16.9 Å². The van der Waals surface area contributed by atoms with E-state index in [0.717, 1.165) is 0 Å². The molecule has 0 aliphatic carbocycles. The molecule has 2 aromatic rings. The number of hydrogen-bond acceptors (Lipinski definition) is 9. The van der Waals surface area contributed by atoms with E-state index >= 15 is 0 Å². The predicted molar refractivity (Wildman–Crippen MR) is 202 cm³/mol. The molecule has 53 heavy (non-hydrogen) atoms. The van der Waals surface area contributed by atoms with Crippen molar-refractivity contribution in [1.82, 2.24) is 10.2 Å². The lowest BCUT2D eigenvalue weighted by Gasteiger charge is -2.40. The Morgan fingerprint density at radius 2 is 1.81 bits per heavy atom. The molecule has 2 aromatic carbocycles. The van der Waals surface area contributed by atoms with Crippen LogP contribution < -0.4 is 15.0 Å². The Bertz CT molecular complexity index is 1640. The van der Waals surface area contributed by atoms with Gasteiger partial charge >= 0.3 is 5.97 Å². The maximum absolute atomic E-state index is 15.0. The number of carbonyl (C=O) groups excluding carboxylic acids is 4. The van der Waals surface area contributed by atoms with Gasteiger partial charge in [-0.2, -0.15) is 0 Å². The van der Waals surface area contributed by atoms with E-state index in [4.69, 9.17) is 18.9 Å². The lowest BCUT2D eigenvalue weighted by Crippen LogP contribution is -2.60. The topological polar surface area (TPSA) is 144 Å². The lowest BCUT2D eigenvalue weighted by atomic mass is 9.70. The van der Waals surface area contributed by atoms with Gasteiger partial charge in [0.25, 0.3) is 5.91 Å². The van der Waals surface area contributed by atoms with E-state index in [9.17, 15) is 24.3 Å². The molecular formula is C40H50BrN3O9. The fraction of sp³-hybridized carbons (Fsp3) is 0.500. The van der Waals surface area contributed by atoms with Gasteiger partial charge < -0.3 is 39.2 Å². The zero-order valence-corrected chi connectivity index (χ0v) is 32.3. The first-order valence-corrected chi connectivity index (χ1v) is 18.8. The summed E-state index contributed by atoms with van der Waals surface area (Å²) in [7, 11) is 3.04. The fourth-order valence-electron chi connectivity index (χ4n) is 8.08. The third kappa shape index (κ3) is 7.80. The highest BCUT2D eigenvalue weighted by molar-refractivity contribution is 9.09. The van der Waals surface area contributed by atoms with Gasteiger partial charge in [-0.3, -0.25) is 19.2 Å². The number of nitrogens with one attached hydrogen (secondary N) is 1. The molecule has 3 saturated heterocycles. The molecule has 1 spiro atoms. The number of amides is 3. The highest BCUT2D eigenvalue weighted by Crippen LogP contribution is 2.61. The molecule has 12 nitrogen and oxygen atoms in total. The highest BCUT2D eigenvalue weighted by Gasteiger charge is 2.78. The number of rotatable bonds is 18. The number of halogens is 1. The van der Waals surface area contributed by atoms with Crippen molar-refractivity contribution >= 4 is 45.3 Å². The zero-order chi connectivity index (χ0) is 38.4. The first kappa shape index (κ1) is 40.2. The largest absolute Gasteiger partial charge is 0.497 e. The molecule has 0 radical (unpaired) electrons. The Labute approximate surface area is 319 Å². The summed E-state index contributed by atoms with van der Waals surface area (Å²) in [6.45, 7) is 11.1. The van der Waals surface area contributed by atoms with Crippen LogP contribution in [0.25, 0.3) is 0 Å². The van der Waals surface area contributed by atoms with Gasteiger partial charge in [0.05, 0.1) is 50.3 Å². The van der Waals surface area contributed by atoms with Crippen molar-refractivity contribution in [3.63, 3.8) is 0 Å². The molecule has 0 aromatic heterocycles. The van der Waals surface area contributed by atoms with E-state index in [0.29, 0.717) is 23.4 Å². The van der Waals surface area contributed by atoms with Crippen LogP contribution in [0.15, 0.2) is 79.9 Å². The second-order valence-electron chi connectivity index (χ2n) is 14.1. The Kier molecular flexibility index (Phi) is 13.2. The number of alkyl halides is 1. The van der Waals surface area contributed by atoms with Crippen molar-refractivity contribution in [3.05, 3.63) is 85.5 Å². The maximum atomic E-state index is 15.0. The van der Waals surface area contributed by atoms with Crippen LogP contribution in [0.3, 0.4) is 0 Å². The van der Waals surface area contributed by atoms with Crippen molar-refractivity contribution in [1.29, 1.82) is 0 Å². The summed E-state index contributed by atoms with van der Waals surface area (Å²) in [6, 6.07) is 13.3. The first-order chi connectivity index (χ1) is 25.5. The van der Waals surface area contributed by atoms with E-state index in [-0.39, 0.29) is 37.8 Å². The van der Waals surface area contributed by atoms with Crippen molar-refractivity contribution < 1.29 is 43.2 Å². The molecule has 9 atom stereocenters. The van der Waals surface area contributed by atoms with Crippen LogP contribution in [-0.4, -0.2) is 102 Å². The second-order valence-corrected chi connectivity index (χ2v) is 15.2. The molecule has 0 saturated carbocycles. The van der Waals surface area contributed by atoms with Crippen molar-refractivity contribution in [3.8, 4) is 5.75 Å². The molecule has 5 rings (SSSR count). The van der Waals surface area contributed by atoms with Gasteiger partial charge in [-0.05, 0) is 48.6 Å². The normalized spacial score (nSPS) is 26.1. The minimum atomic E-state index is -1.42. The predicted octanol–water partition coefficient (Wildman–Crippen LogP) is 4.36. The van der Waals surface area contributed by atoms with Gasteiger partial charge in [0.15, 0.2) is 0 Å². The van der Waals surface area contributed by atoms with Gasteiger partial charge in [-0.15, -0.1) is 13.2 Å². The average molecular weight is 797 g/mol. The summed E-state index contributed by atoms with van der Waals surface area (Å²) in [5, 5.41) is 13.6. The van der Waals surface area contributed by atoms with Crippen LogP contribution in [0, 0.1) is 17.8 Å². The summed E-state index contributed by atoms with van der Waals surface area (Å²) < 4.78 is 23.9. The molecule has 3 heterocycles. The third-order valence-corrected chi connectivity index (χ3v) is 11.4. The minimum absolute atomic E-state index is 0.0338.